The fourth-order valence-corrected chi connectivity index (χ4v) is 4.63. The van der Waals surface area contributed by atoms with E-state index in [2.05, 4.69) is 65.6 Å². The Bertz CT molecular complexity index is 785. The lowest BCUT2D eigenvalue weighted by Crippen LogP contribution is -2.38. The molecule has 3 rings (SSSR count). The molecule has 1 aromatic heterocycles. The van der Waals surface area contributed by atoms with Gasteiger partial charge in [0.25, 0.3) is 0 Å². The molecule has 2 heterocycles. The number of benzene rings is 1. The summed E-state index contributed by atoms with van der Waals surface area (Å²) >= 11 is 1.77. The smallest absolute Gasteiger partial charge is 0.191 e. The Hall–Kier alpha value is -1.92. The number of aromatic nitrogens is 1. The molecule has 0 amide bonds. The minimum Gasteiger partial charge on any atom is -0.357 e. The third-order valence-corrected chi connectivity index (χ3v) is 6.28. The Kier molecular flexibility index (Phi) is 8.50. The predicted molar refractivity (Wildman–Crippen MR) is 123 cm³/mol. The van der Waals surface area contributed by atoms with Crippen LogP contribution in [-0.2, 0) is 19.5 Å². The number of likely N-dealkylation sites (tertiary alicyclic amines) is 1. The first-order chi connectivity index (χ1) is 14.1. The van der Waals surface area contributed by atoms with Gasteiger partial charge in [0.15, 0.2) is 5.96 Å². The van der Waals surface area contributed by atoms with Gasteiger partial charge in [-0.25, -0.2) is 9.98 Å². The second-order valence-electron chi connectivity index (χ2n) is 7.99. The van der Waals surface area contributed by atoms with Crippen molar-refractivity contribution in [3.8, 4) is 0 Å². The molecule has 2 N–H and O–H groups in total. The highest BCUT2D eigenvalue weighted by molar-refractivity contribution is 7.11. The number of thiazole rings is 1. The van der Waals surface area contributed by atoms with Gasteiger partial charge in [-0.05, 0) is 50.3 Å². The van der Waals surface area contributed by atoms with Crippen LogP contribution in [0, 0.1) is 12.8 Å². The van der Waals surface area contributed by atoms with Crippen molar-refractivity contribution in [1.29, 1.82) is 0 Å². The quantitative estimate of drug-likeness (QED) is 0.508. The third-order valence-electron chi connectivity index (χ3n) is 5.31. The maximum absolute atomic E-state index is 4.85. The summed E-state index contributed by atoms with van der Waals surface area (Å²) in [5.41, 5.74) is 2.72. The molecule has 1 aliphatic rings. The van der Waals surface area contributed by atoms with Crippen molar-refractivity contribution in [3.63, 3.8) is 0 Å². The zero-order valence-corrected chi connectivity index (χ0v) is 18.9. The SMILES string of the molecule is CCNC(=NCc1ccccc1CN1CCCC(C)C1)NCCc1ncc(C)s1. The van der Waals surface area contributed by atoms with Gasteiger partial charge in [-0.15, -0.1) is 11.3 Å². The molecule has 1 aromatic carbocycles. The molecular formula is C23H35N5S. The highest BCUT2D eigenvalue weighted by atomic mass is 32.1. The molecule has 5 nitrogen and oxygen atoms in total. The maximum Gasteiger partial charge on any atom is 0.191 e. The Balaban J connectivity index is 1.58. The van der Waals surface area contributed by atoms with Gasteiger partial charge in [-0.2, -0.15) is 0 Å². The topological polar surface area (TPSA) is 52.6 Å². The van der Waals surface area contributed by atoms with Crippen LogP contribution >= 0.6 is 11.3 Å². The Morgan fingerprint density at radius 3 is 2.83 bits per heavy atom. The second kappa shape index (κ2) is 11.3. The Labute approximate surface area is 179 Å². The first kappa shape index (κ1) is 21.8. The van der Waals surface area contributed by atoms with Crippen LogP contribution in [0.1, 0.15) is 47.7 Å². The summed E-state index contributed by atoms with van der Waals surface area (Å²) in [4.78, 5) is 13.1. The van der Waals surface area contributed by atoms with Gasteiger partial charge in [-0.3, -0.25) is 4.90 Å². The number of guanidine groups is 1. The number of aliphatic imine (C=N–C) groups is 1. The highest BCUT2D eigenvalue weighted by Gasteiger charge is 2.17. The Morgan fingerprint density at radius 1 is 1.28 bits per heavy atom. The van der Waals surface area contributed by atoms with Gasteiger partial charge in [-0.1, -0.05) is 31.2 Å². The Morgan fingerprint density at radius 2 is 2.10 bits per heavy atom. The molecule has 1 aliphatic heterocycles. The molecular weight excluding hydrogens is 378 g/mol. The zero-order valence-electron chi connectivity index (χ0n) is 18.1. The molecule has 0 bridgehead atoms. The summed E-state index contributed by atoms with van der Waals surface area (Å²) < 4.78 is 0. The van der Waals surface area contributed by atoms with Gasteiger partial charge in [0.05, 0.1) is 11.6 Å². The van der Waals surface area contributed by atoms with E-state index in [0.29, 0.717) is 6.54 Å². The first-order valence-corrected chi connectivity index (χ1v) is 11.7. The summed E-state index contributed by atoms with van der Waals surface area (Å²) in [5.74, 6) is 1.68. The van der Waals surface area contributed by atoms with E-state index >= 15 is 0 Å². The number of hydrogen-bond acceptors (Lipinski definition) is 4. The lowest BCUT2D eigenvalue weighted by Gasteiger charge is -2.31. The molecule has 158 valence electrons. The van der Waals surface area contributed by atoms with E-state index in [-0.39, 0.29) is 0 Å². The summed E-state index contributed by atoms with van der Waals surface area (Å²) in [7, 11) is 0. The summed E-state index contributed by atoms with van der Waals surface area (Å²) in [6.45, 7) is 12.4. The molecule has 0 spiro atoms. The maximum atomic E-state index is 4.85. The number of rotatable bonds is 8. The number of hydrogen-bond donors (Lipinski definition) is 2. The van der Waals surface area contributed by atoms with Gasteiger partial charge in [0.1, 0.15) is 0 Å². The molecule has 1 unspecified atom stereocenters. The van der Waals surface area contributed by atoms with E-state index in [1.807, 2.05) is 6.20 Å². The van der Waals surface area contributed by atoms with Crippen LogP contribution in [0.5, 0.6) is 0 Å². The standard InChI is InChI=1S/C23H35N5S/c1-4-24-23(25-12-11-22-26-14-19(3)29-22)27-15-20-9-5-6-10-21(20)17-28-13-7-8-18(2)16-28/h5-6,9-10,14,18H,4,7-8,11-13,15-17H2,1-3H3,(H2,24,25,27). The van der Waals surface area contributed by atoms with Crippen molar-refractivity contribution < 1.29 is 0 Å². The van der Waals surface area contributed by atoms with Crippen molar-refractivity contribution >= 4 is 17.3 Å². The van der Waals surface area contributed by atoms with E-state index in [1.54, 1.807) is 11.3 Å². The number of aryl methyl sites for hydroxylation is 1. The summed E-state index contributed by atoms with van der Waals surface area (Å²) in [6, 6.07) is 8.75. The van der Waals surface area contributed by atoms with Crippen molar-refractivity contribution in [2.24, 2.45) is 10.9 Å². The fraction of sp³-hybridized carbons (Fsp3) is 0.565. The van der Waals surface area contributed by atoms with Gasteiger partial charge in [0, 0.05) is 43.7 Å². The number of nitrogens with zero attached hydrogens (tertiary/aromatic N) is 3. The van der Waals surface area contributed by atoms with Gasteiger partial charge in [0.2, 0.25) is 0 Å². The van der Waals surface area contributed by atoms with Crippen LogP contribution in [0.25, 0.3) is 0 Å². The molecule has 2 aromatic rings. The van der Waals surface area contributed by atoms with Gasteiger partial charge >= 0.3 is 0 Å². The van der Waals surface area contributed by atoms with Crippen LogP contribution in [0.15, 0.2) is 35.5 Å². The van der Waals surface area contributed by atoms with Crippen molar-refractivity contribution in [1.82, 2.24) is 20.5 Å². The lowest BCUT2D eigenvalue weighted by atomic mass is 9.99. The lowest BCUT2D eigenvalue weighted by molar-refractivity contribution is 0.176. The largest absolute Gasteiger partial charge is 0.357 e. The van der Waals surface area contributed by atoms with E-state index in [1.165, 1.54) is 46.9 Å². The second-order valence-corrected chi connectivity index (χ2v) is 9.31. The minimum atomic E-state index is 0.700. The highest BCUT2D eigenvalue weighted by Crippen LogP contribution is 2.20. The molecule has 1 fully saturated rings. The van der Waals surface area contributed by atoms with E-state index < -0.39 is 0 Å². The van der Waals surface area contributed by atoms with E-state index in [0.717, 1.165) is 37.9 Å². The van der Waals surface area contributed by atoms with Crippen molar-refractivity contribution in [2.75, 3.05) is 26.2 Å². The molecule has 6 heteroatoms. The average Bonchev–Trinajstić information content (AvgIpc) is 3.12. The normalized spacial score (nSPS) is 18.0. The van der Waals surface area contributed by atoms with Crippen molar-refractivity contribution in [3.05, 3.63) is 51.5 Å². The van der Waals surface area contributed by atoms with E-state index in [4.69, 9.17) is 4.99 Å². The minimum absolute atomic E-state index is 0.700. The van der Waals surface area contributed by atoms with Crippen LogP contribution in [0.4, 0.5) is 0 Å². The summed E-state index contributed by atoms with van der Waals surface area (Å²) in [6.07, 6.45) is 5.54. The molecule has 0 aliphatic carbocycles. The van der Waals surface area contributed by atoms with Crippen LogP contribution < -0.4 is 10.6 Å². The number of piperidine rings is 1. The fourth-order valence-electron chi connectivity index (χ4n) is 3.85. The third kappa shape index (κ3) is 7.12. The monoisotopic (exact) mass is 413 g/mol. The van der Waals surface area contributed by atoms with Crippen molar-refractivity contribution in [2.45, 2.75) is 53.1 Å². The predicted octanol–water partition coefficient (Wildman–Crippen LogP) is 3.98. The van der Waals surface area contributed by atoms with Crippen LogP contribution in [0.2, 0.25) is 0 Å². The molecule has 29 heavy (non-hydrogen) atoms. The first-order valence-electron chi connectivity index (χ1n) is 10.9. The van der Waals surface area contributed by atoms with Crippen LogP contribution in [-0.4, -0.2) is 42.0 Å². The van der Waals surface area contributed by atoms with Crippen LogP contribution in [0.3, 0.4) is 0 Å². The van der Waals surface area contributed by atoms with E-state index in [9.17, 15) is 0 Å². The summed E-state index contributed by atoms with van der Waals surface area (Å²) in [5, 5.41) is 7.99. The van der Waals surface area contributed by atoms with Gasteiger partial charge < -0.3 is 10.6 Å². The average molecular weight is 414 g/mol. The number of nitrogens with one attached hydrogen (secondary N) is 2. The molecule has 0 radical (unpaired) electrons. The molecule has 1 atom stereocenters. The zero-order chi connectivity index (χ0) is 20.5. The molecule has 1 saturated heterocycles. The molecule has 0 saturated carbocycles.